The average Bonchev–Trinajstić information content (AvgIpc) is 2.02. The topological polar surface area (TPSA) is 79.5 Å². The van der Waals surface area contributed by atoms with Crippen LogP contribution in [0.15, 0.2) is 4.99 Å². The van der Waals surface area contributed by atoms with Gasteiger partial charge in [-0.1, -0.05) is 0 Å². The Morgan fingerprint density at radius 1 is 1.36 bits per heavy atom. The van der Waals surface area contributed by atoms with E-state index < -0.39 is 0 Å². The zero-order valence-electron chi connectivity index (χ0n) is 9.29. The van der Waals surface area contributed by atoms with Crippen molar-refractivity contribution in [3.8, 4) is 0 Å². The summed E-state index contributed by atoms with van der Waals surface area (Å²) in [4.78, 5) is 15.3. The van der Waals surface area contributed by atoms with Gasteiger partial charge in [0.15, 0.2) is 5.96 Å². The summed E-state index contributed by atoms with van der Waals surface area (Å²) in [5.74, 6) is 0.230. The third-order valence-electron chi connectivity index (χ3n) is 1.52. The standard InChI is InChI=1S/C9H20N4O/c1-5-11-9(10)13-7(4)8(14)12-6(2)3/h6-7H,5H2,1-4H3,(H,12,14)(H3,10,11,13). The minimum absolute atomic E-state index is 0.0748. The van der Waals surface area contributed by atoms with E-state index in [0.29, 0.717) is 12.5 Å². The van der Waals surface area contributed by atoms with Crippen LogP contribution < -0.4 is 16.4 Å². The molecule has 0 radical (unpaired) electrons. The van der Waals surface area contributed by atoms with Crippen LogP contribution in [0.4, 0.5) is 0 Å². The van der Waals surface area contributed by atoms with Crippen LogP contribution in [0.5, 0.6) is 0 Å². The lowest BCUT2D eigenvalue weighted by Crippen LogP contribution is -2.49. The van der Waals surface area contributed by atoms with Crippen molar-refractivity contribution in [1.82, 2.24) is 10.6 Å². The minimum atomic E-state index is -0.354. The van der Waals surface area contributed by atoms with Crippen molar-refractivity contribution >= 4 is 11.9 Å². The molecule has 0 aliphatic heterocycles. The number of rotatable bonds is 4. The predicted molar refractivity (Wildman–Crippen MR) is 58.0 cm³/mol. The van der Waals surface area contributed by atoms with Crippen LogP contribution in [-0.4, -0.2) is 30.5 Å². The van der Waals surface area contributed by atoms with Crippen molar-refractivity contribution in [2.75, 3.05) is 6.54 Å². The molecule has 0 heterocycles. The first-order valence-corrected chi connectivity index (χ1v) is 4.84. The number of hydrogen-bond acceptors (Lipinski definition) is 2. The minimum Gasteiger partial charge on any atom is -0.370 e. The van der Waals surface area contributed by atoms with Crippen molar-refractivity contribution in [3.63, 3.8) is 0 Å². The number of carbonyl (C=O) groups excluding carboxylic acids is 1. The number of guanidine groups is 1. The van der Waals surface area contributed by atoms with Crippen LogP contribution in [0.25, 0.3) is 0 Å². The van der Waals surface area contributed by atoms with E-state index in [9.17, 15) is 4.79 Å². The van der Waals surface area contributed by atoms with Gasteiger partial charge in [-0.3, -0.25) is 9.79 Å². The Morgan fingerprint density at radius 3 is 2.36 bits per heavy atom. The number of carbonyl (C=O) groups is 1. The highest BCUT2D eigenvalue weighted by Crippen LogP contribution is 1.84. The summed E-state index contributed by atoms with van der Waals surface area (Å²) in [6.07, 6.45) is 0. The van der Waals surface area contributed by atoms with E-state index in [2.05, 4.69) is 15.6 Å². The maximum absolute atomic E-state index is 11.4. The molecule has 0 aromatic heterocycles. The van der Waals surface area contributed by atoms with Gasteiger partial charge in [-0.15, -0.1) is 0 Å². The van der Waals surface area contributed by atoms with Crippen LogP contribution in [0, 0.1) is 0 Å². The van der Waals surface area contributed by atoms with Crippen molar-refractivity contribution in [2.24, 2.45) is 10.7 Å². The summed E-state index contributed by atoms with van der Waals surface area (Å²) >= 11 is 0. The Kier molecular flexibility index (Phi) is 5.67. The Morgan fingerprint density at radius 2 is 1.93 bits per heavy atom. The summed E-state index contributed by atoms with van der Waals surface area (Å²) in [6.45, 7) is 8.06. The van der Waals surface area contributed by atoms with Crippen LogP contribution in [-0.2, 0) is 4.79 Å². The summed E-state index contributed by atoms with van der Waals surface area (Å²) in [5, 5.41) is 5.58. The normalized spacial score (nSPS) is 13.9. The summed E-state index contributed by atoms with van der Waals surface area (Å²) in [7, 11) is 0. The average molecular weight is 200 g/mol. The number of nitrogens with one attached hydrogen (secondary N) is 2. The first-order valence-electron chi connectivity index (χ1n) is 4.84. The highest BCUT2D eigenvalue weighted by molar-refractivity contribution is 5.88. The fourth-order valence-corrected chi connectivity index (χ4v) is 0.913. The van der Waals surface area contributed by atoms with E-state index in [4.69, 9.17) is 5.73 Å². The van der Waals surface area contributed by atoms with Gasteiger partial charge in [0.2, 0.25) is 5.91 Å². The maximum atomic E-state index is 11.4. The first-order chi connectivity index (χ1) is 6.47. The molecule has 0 aliphatic carbocycles. The summed E-state index contributed by atoms with van der Waals surface area (Å²) in [6, 6.07) is -0.219. The molecule has 0 saturated heterocycles. The van der Waals surface area contributed by atoms with Crippen molar-refractivity contribution in [3.05, 3.63) is 0 Å². The van der Waals surface area contributed by atoms with Gasteiger partial charge >= 0.3 is 0 Å². The molecule has 5 heteroatoms. The number of nitrogens with two attached hydrogens (primary N) is 1. The largest absolute Gasteiger partial charge is 0.370 e. The zero-order chi connectivity index (χ0) is 11.1. The van der Waals surface area contributed by atoms with Gasteiger partial charge in [0, 0.05) is 12.6 Å². The number of aliphatic imine (C=N–C) groups is 1. The van der Waals surface area contributed by atoms with E-state index in [1.54, 1.807) is 6.92 Å². The van der Waals surface area contributed by atoms with Crippen LogP contribution in [0.1, 0.15) is 27.7 Å². The highest BCUT2D eigenvalue weighted by Gasteiger charge is 2.13. The molecular formula is C9H20N4O. The van der Waals surface area contributed by atoms with Crippen molar-refractivity contribution in [1.29, 1.82) is 0 Å². The number of hydrogen-bond donors (Lipinski definition) is 3. The first kappa shape index (κ1) is 12.7. The van der Waals surface area contributed by atoms with E-state index in [0.717, 1.165) is 0 Å². The van der Waals surface area contributed by atoms with Gasteiger partial charge in [-0.2, -0.15) is 0 Å². The molecule has 1 atom stereocenters. The third kappa shape index (κ3) is 5.40. The fourth-order valence-electron chi connectivity index (χ4n) is 0.913. The molecule has 5 nitrogen and oxygen atoms in total. The molecule has 0 aromatic carbocycles. The molecule has 0 fully saturated rings. The Balaban J connectivity index is 4.01. The van der Waals surface area contributed by atoms with Gasteiger partial charge in [0.25, 0.3) is 0 Å². The van der Waals surface area contributed by atoms with Crippen LogP contribution in [0.3, 0.4) is 0 Å². The molecule has 1 unspecified atom stereocenters. The van der Waals surface area contributed by atoms with E-state index >= 15 is 0 Å². The molecule has 4 N–H and O–H groups in total. The molecule has 1 amide bonds. The Bertz CT molecular complexity index is 213. The van der Waals surface area contributed by atoms with Crippen LogP contribution >= 0.6 is 0 Å². The zero-order valence-corrected chi connectivity index (χ0v) is 9.29. The smallest absolute Gasteiger partial charge is 0.242 e. The molecule has 0 bridgehead atoms. The molecule has 0 rings (SSSR count). The molecule has 0 aliphatic rings. The third-order valence-corrected chi connectivity index (χ3v) is 1.52. The molecule has 14 heavy (non-hydrogen) atoms. The molecule has 0 saturated carbocycles. The molecule has 82 valence electrons. The quantitative estimate of drug-likeness (QED) is 0.435. The lowest BCUT2D eigenvalue weighted by atomic mass is 10.3. The van der Waals surface area contributed by atoms with E-state index in [1.165, 1.54) is 0 Å². The van der Waals surface area contributed by atoms with Crippen LogP contribution in [0.2, 0.25) is 0 Å². The van der Waals surface area contributed by atoms with Gasteiger partial charge < -0.3 is 16.4 Å². The highest BCUT2D eigenvalue weighted by atomic mass is 16.2. The second-order valence-electron chi connectivity index (χ2n) is 3.39. The van der Waals surface area contributed by atoms with Gasteiger partial charge in [0.1, 0.15) is 6.04 Å². The van der Waals surface area contributed by atoms with E-state index in [1.807, 2.05) is 20.8 Å². The number of nitrogens with zero attached hydrogens (tertiary/aromatic N) is 1. The monoisotopic (exact) mass is 200 g/mol. The second-order valence-corrected chi connectivity index (χ2v) is 3.39. The van der Waals surface area contributed by atoms with Crippen molar-refractivity contribution in [2.45, 2.75) is 39.8 Å². The SMILES string of the molecule is CCN=C(N)NC(C)C(=O)NC(C)C. The molecule has 0 spiro atoms. The Hall–Kier alpha value is -1.26. The maximum Gasteiger partial charge on any atom is 0.242 e. The van der Waals surface area contributed by atoms with Gasteiger partial charge in [-0.05, 0) is 27.7 Å². The molecular weight excluding hydrogens is 180 g/mol. The predicted octanol–water partition coefficient (Wildman–Crippen LogP) is -0.176. The lowest BCUT2D eigenvalue weighted by molar-refractivity contribution is -0.122. The lowest BCUT2D eigenvalue weighted by Gasteiger charge is -2.16. The summed E-state index contributed by atoms with van der Waals surface area (Å²) in [5.41, 5.74) is 5.51. The number of amides is 1. The second kappa shape index (κ2) is 6.23. The fraction of sp³-hybridized carbons (Fsp3) is 0.778. The van der Waals surface area contributed by atoms with E-state index in [-0.39, 0.29) is 18.0 Å². The van der Waals surface area contributed by atoms with Crippen molar-refractivity contribution < 1.29 is 4.79 Å². The summed E-state index contributed by atoms with van der Waals surface area (Å²) < 4.78 is 0. The van der Waals surface area contributed by atoms with Gasteiger partial charge in [0.05, 0.1) is 0 Å². The Labute approximate surface area is 85.2 Å². The van der Waals surface area contributed by atoms with Gasteiger partial charge in [-0.25, -0.2) is 0 Å². The molecule has 0 aromatic rings.